The number of imide groups is 1. The van der Waals surface area contributed by atoms with Crippen LogP contribution in [0.15, 0.2) is 0 Å². The molecule has 1 heterocycles. The van der Waals surface area contributed by atoms with Crippen molar-refractivity contribution in [2.24, 2.45) is 16.7 Å². The molecule has 1 aliphatic heterocycles. The Morgan fingerprint density at radius 3 is 2.61 bits per heavy atom. The number of carbonyl (C=O) groups is 3. The highest BCUT2D eigenvalue weighted by Gasteiger charge is 2.64. The quantitative estimate of drug-likeness (QED) is 0.578. The first-order chi connectivity index (χ1) is 10.8. The molecule has 0 radical (unpaired) electrons. The molecule has 1 saturated heterocycles. The van der Waals surface area contributed by atoms with Crippen LogP contribution in [0.25, 0.3) is 0 Å². The second-order valence-electron chi connectivity index (χ2n) is 7.75. The zero-order chi connectivity index (χ0) is 17.3. The first-order valence-electron chi connectivity index (χ1n) is 8.88. The molecule has 0 aromatic carbocycles. The molecule has 2 atom stereocenters. The molecule has 5 heteroatoms. The normalized spacial score (nSPS) is 29.0. The summed E-state index contributed by atoms with van der Waals surface area (Å²) in [4.78, 5) is 38.7. The highest BCUT2D eigenvalue weighted by molar-refractivity contribution is 6.04. The fourth-order valence-electron chi connectivity index (χ4n) is 4.02. The van der Waals surface area contributed by atoms with E-state index in [0.29, 0.717) is 6.54 Å². The maximum absolute atomic E-state index is 12.8. The van der Waals surface area contributed by atoms with Crippen LogP contribution in [-0.2, 0) is 14.4 Å². The molecule has 1 saturated carbocycles. The third-order valence-corrected chi connectivity index (χ3v) is 6.17. The summed E-state index contributed by atoms with van der Waals surface area (Å²) < 4.78 is 0. The van der Waals surface area contributed by atoms with Gasteiger partial charge in [-0.2, -0.15) is 0 Å². The van der Waals surface area contributed by atoms with Gasteiger partial charge in [0.25, 0.3) is 0 Å². The molecule has 0 spiro atoms. The topological polar surface area (TPSA) is 66.5 Å². The molecule has 1 aliphatic carbocycles. The molecule has 2 bridgehead atoms. The molecule has 130 valence electrons. The van der Waals surface area contributed by atoms with Crippen molar-refractivity contribution in [2.45, 2.75) is 66.2 Å². The summed E-state index contributed by atoms with van der Waals surface area (Å²) in [5.41, 5.74) is -0.775. The van der Waals surface area contributed by atoms with Crippen molar-refractivity contribution in [2.75, 3.05) is 13.1 Å². The van der Waals surface area contributed by atoms with E-state index in [0.717, 1.165) is 32.1 Å². The Labute approximate surface area is 139 Å². The summed E-state index contributed by atoms with van der Waals surface area (Å²) in [5.74, 6) is -0.365. The van der Waals surface area contributed by atoms with Gasteiger partial charge >= 0.3 is 0 Å². The van der Waals surface area contributed by atoms with Crippen LogP contribution >= 0.6 is 0 Å². The maximum Gasteiger partial charge on any atom is 0.235 e. The van der Waals surface area contributed by atoms with Gasteiger partial charge in [-0.25, -0.2) is 0 Å². The van der Waals surface area contributed by atoms with Crippen molar-refractivity contribution in [3.63, 3.8) is 0 Å². The van der Waals surface area contributed by atoms with E-state index < -0.39 is 5.41 Å². The van der Waals surface area contributed by atoms with Crippen molar-refractivity contribution in [3.05, 3.63) is 0 Å². The molecule has 5 nitrogen and oxygen atoms in total. The summed E-state index contributed by atoms with van der Waals surface area (Å²) in [6, 6.07) is 0. The van der Waals surface area contributed by atoms with Gasteiger partial charge in [-0.05, 0) is 24.7 Å². The van der Waals surface area contributed by atoms with Crippen molar-refractivity contribution in [3.8, 4) is 0 Å². The predicted molar refractivity (Wildman–Crippen MR) is 88.5 cm³/mol. The van der Waals surface area contributed by atoms with Crippen LogP contribution in [-0.4, -0.2) is 35.7 Å². The Kier molecular flexibility index (Phi) is 5.17. The summed E-state index contributed by atoms with van der Waals surface area (Å²) in [6.07, 6.45) is 4.91. The fourth-order valence-corrected chi connectivity index (χ4v) is 4.02. The highest BCUT2D eigenvalue weighted by atomic mass is 16.2. The number of amides is 3. The van der Waals surface area contributed by atoms with Crippen molar-refractivity contribution in [1.29, 1.82) is 0 Å². The number of hydrogen-bond donors (Lipinski definition) is 1. The summed E-state index contributed by atoms with van der Waals surface area (Å²) in [5, 5.41) is 2.86. The SMILES string of the molecule is CCCCCNC(=O)CCN1C(=O)C2CCC(C)(C1=O)C2(C)C. The van der Waals surface area contributed by atoms with Gasteiger partial charge in [-0.15, -0.1) is 0 Å². The van der Waals surface area contributed by atoms with Gasteiger partial charge in [0.15, 0.2) is 0 Å². The Hall–Kier alpha value is -1.39. The lowest BCUT2D eigenvalue weighted by atomic mass is 9.62. The van der Waals surface area contributed by atoms with Crippen LogP contribution in [0, 0.1) is 16.7 Å². The van der Waals surface area contributed by atoms with Crippen LogP contribution in [0.3, 0.4) is 0 Å². The second kappa shape index (κ2) is 6.62. The molecule has 1 N–H and O–H groups in total. The van der Waals surface area contributed by atoms with Gasteiger partial charge in [0.2, 0.25) is 17.7 Å². The van der Waals surface area contributed by atoms with Crippen LogP contribution in [0.1, 0.15) is 66.2 Å². The number of nitrogens with one attached hydrogen (secondary N) is 1. The van der Waals surface area contributed by atoms with E-state index in [9.17, 15) is 14.4 Å². The summed E-state index contributed by atoms with van der Waals surface area (Å²) in [7, 11) is 0. The first-order valence-corrected chi connectivity index (χ1v) is 8.88. The van der Waals surface area contributed by atoms with Gasteiger partial charge in [-0.3, -0.25) is 19.3 Å². The minimum atomic E-state index is -0.483. The lowest BCUT2D eigenvalue weighted by Crippen LogP contribution is -2.59. The third-order valence-electron chi connectivity index (χ3n) is 6.17. The number of unbranched alkanes of at least 4 members (excludes halogenated alkanes) is 2. The molecule has 2 fully saturated rings. The number of hydrogen-bond acceptors (Lipinski definition) is 3. The van der Waals surface area contributed by atoms with E-state index in [1.165, 1.54) is 4.90 Å². The summed E-state index contributed by atoms with van der Waals surface area (Å²) in [6.45, 7) is 9.02. The fraction of sp³-hybridized carbons (Fsp3) is 0.833. The molecule has 0 aromatic rings. The number of likely N-dealkylation sites (tertiary alicyclic amines) is 1. The second-order valence-corrected chi connectivity index (χ2v) is 7.75. The lowest BCUT2D eigenvalue weighted by molar-refractivity contribution is -0.167. The number of piperidine rings is 1. The van der Waals surface area contributed by atoms with Gasteiger partial charge < -0.3 is 5.32 Å². The monoisotopic (exact) mass is 322 g/mol. The molecule has 3 amide bonds. The average Bonchev–Trinajstić information content (AvgIpc) is 2.68. The van der Waals surface area contributed by atoms with Crippen LogP contribution < -0.4 is 5.32 Å². The smallest absolute Gasteiger partial charge is 0.235 e. The molecular formula is C18H30N2O3. The van der Waals surface area contributed by atoms with E-state index in [1.54, 1.807) is 0 Å². The van der Waals surface area contributed by atoms with E-state index in [-0.39, 0.29) is 42.0 Å². The predicted octanol–water partition coefficient (Wildman–Crippen LogP) is 2.49. The van der Waals surface area contributed by atoms with Crippen molar-refractivity contribution < 1.29 is 14.4 Å². The number of nitrogens with zero attached hydrogens (tertiary/aromatic N) is 1. The molecular weight excluding hydrogens is 292 g/mol. The van der Waals surface area contributed by atoms with Gasteiger partial charge in [-0.1, -0.05) is 40.5 Å². The van der Waals surface area contributed by atoms with Crippen LogP contribution in [0.2, 0.25) is 0 Å². The number of carbonyl (C=O) groups excluding carboxylic acids is 3. The minimum Gasteiger partial charge on any atom is -0.356 e. The van der Waals surface area contributed by atoms with Crippen LogP contribution in [0.5, 0.6) is 0 Å². The largest absolute Gasteiger partial charge is 0.356 e. The average molecular weight is 322 g/mol. The summed E-state index contributed by atoms with van der Waals surface area (Å²) >= 11 is 0. The highest BCUT2D eigenvalue weighted by Crippen LogP contribution is 2.59. The Balaban J connectivity index is 1.93. The van der Waals surface area contributed by atoms with Gasteiger partial charge in [0.1, 0.15) is 0 Å². The first kappa shape index (κ1) is 18.0. The molecule has 23 heavy (non-hydrogen) atoms. The standard InChI is InChI=1S/C18H30N2O3/c1-5-6-7-11-19-14(21)9-12-20-15(22)13-8-10-18(4,16(20)23)17(13,2)3/h13H,5-12H2,1-4H3,(H,19,21). The lowest BCUT2D eigenvalue weighted by Gasteiger charge is -2.47. The maximum atomic E-state index is 12.8. The molecule has 2 unspecified atom stereocenters. The van der Waals surface area contributed by atoms with Crippen LogP contribution in [0.4, 0.5) is 0 Å². The van der Waals surface area contributed by atoms with Crippen molar-refractivity contribution in [1.82, 2.24) is 10.2 Å². The van der Waals surface area contributed by atoms with E-state index in [1.807, 2.05) is 20.8 Å². The minimum absolute atomic E-state index is 0.0796. The van der Waals surface area contributed by atoms with E-state index >= 15 is 0 Å². The van der Waals surface area contributed by atoms with Gasteiger partial charge in [0.05, 0.1) is 5.41 Å². The van der Waals surface area contributed by atoms with Gasteiger partial charge in [0, 0.05) is 25.4 Å². The molecule has 0 aromatic heterocycles. The van der Waals surface area contributed by atoms with E-state index in [2.05, 4.69) is 12.2 Å². The third kappa shape index (κ3) is 3.02. The molecule has 2 rings (SSSR count). The zero-order valence-electron chi connectivity index (χ0n) is 14.9. The number of rotatable bonds is 7. The molecule has 2 aliphatic rings. The van der Waals surface area contributed by atoms with Crippen molar-refractivity contribution >= 4 is 17.7 Å². The Bertz CT molecular complexity index is 500. The van der Waals surface area contributed by atoms with E-state index in [4.69, 9.17) is 0 Å². The number of fused-ring (bicyclic) bond motifs is 2. The Morgan fingerprint density at radius 2 is 1.96 bits per heavy atom. The Morgan fingerprint density at radius 1 is 1.26 bits per heavy atom. The zero-order valence-corrected chi connectivity index (χ0v) is 14.9.